The number of hydrogen-bond acceptors (Lipinski definition) is 7. The van der Waals surface area contributed by atoms with Crippen LogP contribution in [0.5, 0.6) is 0 Å². The number of anilines is 1. The number of carbonyl (C=O) groups excluding carboxylic acids is 2. The molecular weight excluding hydrogens is 389 g/mol. The maximum atomic E-state index is 13.0. The molecule has 2 heterocycles. The number of methoxy groups -OCH3 is 1. The summed E-state index contributed by atoms with van der Waals surface area (Å²) in [5, 5.41) is 20.3. The molecule has 11 nitrogen and oxygen atoms in total. The van der Waals surface area contributed by atoms with Gasteiger partial charge in [0.1, 0.15) is 12.2 Å². The monoisotopic (exact) mass is 404 g/mol. The molecule has 0 aliphatic heterocycles. The first kappa shape index (κ1) is 20.9. The Hall–Kier alpha value is -3.45. The molecule has 0 saturated carbocycles. The molecule has 0 radical (unpaired) electrons. The molecule has 2 rings (SSSR count). The van der Waals surface area contributed by atoms with Gasteiger partial charge in [-0.05, 0) is 13.8 Å². The molecule has 0 spiro atoms. The van der Waals surface area contributed by atoms with Crippen molar-refractivity contribution in [3.63, 3.8) is 0 Å². The Morgan fingerprint density at radius 3 is 2.46 bits per heavy atom. The zero-order valence-corrected chi connectivity index (χ0v) is 14.9. The maximum Gasteiger partial charge on any atom is 0.442 e. The average molecular weight is 404 g/mol. The highest BCUT2D eigenvalue weighted by Gasteiger charge is 2.44. The minimum Gasteiger partial charge on any atom is -0.464 e. The van der Waals surface area contributed by atoms with Gasteiger partial charge in [0.15, 0.2) is 5.69 Å². The summed E-state index contributed by atoms with van der Waals surface area (Å²) in [6.45, 7) is 2.40. The van der Waals surface area contributed by atoms with Crippen LogP contribution in [0.25, 0.3) is 0 Å². The number of nitrogens with zero attached hydrogens (tertiary/aromatic N) is 5. The van der Waals surface area contributed by atoms with Gasteiger partial charge >= 0.3 is 17.8 Å². The third-order valence-corrected chi connectivity index (χ3v) is 3.66. The van der Waals surface area contributed by atoms with Crippen LogP contribution >= 0.6 is 0 Å². The topological polar surface area (TPSA) is 134 Å². The first-order valence-corrected chi connectivity index (χ1v) is 7.74. The lowest BCUT2D eigenvalue weighted by Crippen LogP contribution is -2.21. The number of esters is 1. The molecule has 1 N–H and O–H groups in total. The van der Waals surface area contributed by atoms with E-state index in [4.69, 9.17) is 0 Å². The average Bonchev–Trinajstić information content (AvgIpc) is 3.15. The van der Waals surface area contributed by atoms with Crippen LogP contribution in [-0.4, -0.2) is 43.5 Å². The van der Waals surface area contributed by atoms with E-state index in [-0.39, 0.29) is 11.4 Å². The SMILES string of the molecule is CCn1cc(NC(=O)Cn2nc(C(F)(F)F)c([N+](=O)[O-])c2C)c(C(=O)OC)n1. The van der Waals surface area contributed by atoms with Crippen molar-refractivity contribution in [3.05, 3.63) is 33.4 Å². The van der Waals surface area contributed by atoms with Crippen LogP contribution in [-0.2, 0) is 28.8 Å². The number of amides is 1. The highest BCUT2D eigenvalue weighted by atomic mass is 19.4. The summed E-state index contributed by atoms with van der Waals surface area (Å²) < 4.78 is 45.4. The predicted octanol–water partition coefficient (Wildman–Crippen LogP) is 1.76. The van der Waals surface area contributed by atoms with E-state index in [2.05, 4.69) is 20.3 Å². The van der Waals surface area contributed by atoms with Crippen molar-refractivity contribution in [2.24, 2.45) is 0 Å². The summed E-state index contributed by atoms with van der Waals surface area (Å²) in [5.74, 6) is -1.69. The number of hydrogen-bond donors (Lipinski definition) is 1. The first-order chi connectivity index (χ1) is 13.0. The number of nitro groups is 1. The number of carbonyl (C=O) groups is 2. The predicted molar refractivity (Wildman–Crippen MR) is 86.5 cm³/mol. The van der Waals surface area contributed by atoms with Gasteiger partial charge in [0.25, 0.3) is 0 Å². The Balaban J connectivity index is 2.31. The summed E-state index contributed by atoms with van der Waals surface area (Å²) in [5.41, 5.74) is -3.58. The second kappa shape index (κ2) is 7.66. The lowest BCUT2D eigenvalue weighted by atomic mass is 10.3. The number of rotatable bonds is 6. The fourth-order valence-corrected chi connectivity index (χ4v) is 2.35. The Labute approximate surface area is 155 Å². The van der Waals surface area contributed by atoms with E-state index in [9.17, 15) is 32.9 Å². The largest absolute Gasteiger partial charge is 0.464 e. The standard InChI is InChI=1S/C14H15F3N6O5/c1-4-21-5-8(10(19-21)13(25)28-3)18-9(24)6-22-7(2)11(23(26)27)12(20-22)14(15,16)17/h5H,4,6H2,1-3H3,(H,18,24). The second-order valence-electron chi connectivity index (χ2n) is 5.48. The van der Waals surface area contributed by atoms with Crippen LogP contribution in [0.3, 0.4) is 0 Å². The number of aromatic nitrogens is 4. The molecule has 0 unspecified atom stereocenters. The molecule has 0 aromatic carbocycles. The van der Waals surface area contributed by atoms with Crippen molar-refractivity contribution in [3.8, 4) is 0 Å². The van der Waals surface area contributed by atoms with E-state index in [1.807, 2.05) is 0 Å². The molecule has 0 bridgehead atoms. The lowest BCUT2D eigenvalue weighted by molar-refractivity contribution is -0.388. The van der Waals surface area contributed by atoms with Crippen molar-refractivity contribution in [2.75, 3.05) is 12.4 Å². The normalized spacial score (nSPS) is 11.4. The van der Waals surface area contributed by atoms with E-state index in [1.165, 1.54) is 10.9 Å². The summed E-state index contributed by atoms with van der Waals surface area (Å²) in [6.07, 6.45) is -3.72. The molecule has 0 aliphatic carbocycles. The highest BCUT2D eigenvalue weighted by Crippen LogP contribution is 2.36. The number of halogens is 3. The Morgan fingerprint density at radius 1 is 1.36 bits per heavy atom. The molecule has 1 amide bonds. The molecule has 152 valence electrons. The van der Waals surface area contributed by atoms with E-state index >= 15 is 0 Å². The van der Waals surface area contributed by atoms with Gasteiger partial charge in [-0.2, -0.15) is 23.4 Å². The molecule has 0 fully saturated rings. The van der Waals surface area contributed by atoms with Gasteiger partial charge in [-0.3, -0.25) is 24.3 Å². The van der Waals surface area contributed by atoms with Gasteiger partial charge < -0.3 is 10.1 Å². The van der Waals surface area contributed by atoms with Crippen LogP contribution in [0.2, 0.25) is 0 Å². The summed E-state index contributed by atoms with van der Waals surface area (Å²) in [7, 11) is 1.11. The van der Waals surface area contributed by atoms with Crippen LogP contribution < -0.4 is 5.32 Å². The van der Waals surface area contributed by atoms with E-state index in [1.54, 1.807) is 6.92 Å². The van der Waals surface area contributed by atoms with Crippen LogP contribution in [0.1, 0.15) is 28.8 Å². The minimum atomic E-state index is -5.06. The fraction of sp³-hybridized carbons (Fsp3) is 0.429. The molecule has 0 aliphatic rings. The molecule has 2 aromatic rings. The molecule has 14 heteroatoms. The van der Waals surface area contributed by atoms with Crippen LogP contribution in [0.4, 0.5) is 24.5 Å². The summed E-state index contributed by atoms with van der Waals surface area (Å²) in [6, 6.07) is 0. The third kappa shape index (κ3) is 4.10. The maximum absolute atomic E-state index is 13.0. The zero-order chi connectivity index (χ0) is 21.2. The number of alkyl halides is 3. The molecule has 2 aromatic heterocycles. The van der Waals surface area contributed by atoms with E-state index in [0.29, 0.717) is 11.2 Å². The highest BCUT2D eigenvalue weighted by molar-refractivity contribution is 5.99. The Bertz CT molecular complexity index is 933. The van der Waals surface area contributed by atoms with Crippen molar-refractivity contribution < 1.29 is 32.4 Å². The van der Waals surface area contributed by atoms with Crippen molar-refractivity contribution >= 4 is 23.3 Å². The summed E-state index contributed by atoms with van der Waals surface area (Å²) >= 11 is 0. The number of aryl methyl sites for hydroxylation is 1. The first-order valence-electron chi connectivity index (χ1n) is 7.74. The van der Waals surface area contributed by atoms with Gasteiger partial charge in [0.2, 0.25) is 11.6 Å². The number of nitrogens with one attached hydrogen (secondary N) is 1. The summed E-state index contributed by atoms with van der Waals surface area (Å²) in [4.78, 5) is 33.7. The minimum absolute atomic E-state index is 0.0194. The quantitative estimate of drug-likeness (QED) is 0.440. The van der Waals surface area contributed by atoms with Gasteiger partial charge in [-0.25, -0.2) is 4.79 Å². The van der Waals surface area contributed by atoms with Gasteiger partial charge in [0.05, 0.1) is 17.7 Å². The molecule has 0 saturated heterocycles. The van der Waals surface area contributed by atoms with Gasteiger partial charge in [-0.1, -0.05) is 0 Å². The van der Waals surface area contributed by atoms with Gasteiger partial charge in [-0.15, -0.1) is 0 Å². The zero-order valence-electron chi connectivity index (χ0n) is 14.9. The van der Waals surface area contributed by atoms with E-state index < -0.39 is 46.6 Å². The van der Waals surface area contributed by atoms with Crippen LogP contribution in [0, 0.1) is 17.0 Å². The lowest BCUT2D eigenvalue weighted by Gasteiger charge is -2.06. The van der Waals surface area contributed by atoms with Crippen LogP contribution in [0.15, 0.2) is 6.20 Å². The fourth-order valence-electron chi connectivity index (χ4n) is 2.35. The van der Waals surface area contributed by atoms with Crippen molar-refractivity contribution in [1.29, 1.82) is 0 Å². The van der Waals surface area contributed by atoms with Crippen molar-refractivity contribution in [2.45, 2.75) is 33.1 Å². The second-order valence-corrected chi connectivity index (χ2v) is 5.48. The molecule has 28 heavy (non-hydrogen) atoms. The van der Waals surface area contributed by atoms with E-state index in [0.717, 1.165) is 14.0 Å². The molecule has 0 atom stereocenters. The van der Waals surface area contributed by atoms with Gasteiger partial charge in [0, 0.05) is 12.7 Å². The molecular formula is C14H15F3N6O5. The smallest absolute Gasteiger partial charge is 0.442 e. The Kier molecular flexibility index (Phi) is 5.70. The van der Waals surface area contributed by atoms with Crippen molar-refractivity contribution in [1.82, 2.24) is 19.6 Å². The number of ether oxygens (including phenoxy) is 1. The Morgan fingerprint density at radius 2 is 2.00 bits per heavy atom. The third-order valence-electron chi connectivity index (χ3n) is 3.66.